The van der Waals surface area contributed by atoms with Gasteiger partial charge in [-0.3, -0.25) is 0 Å². The first kappa shape index (κ1) is 17.7. The first-order valence-corrected chi connectivity index (χ1v) is 9.06. The summed E-state index contributed by atoms with van der Waals surface area (Å²) >= 11 is 4.64. The van der Waals surface area contributed by atoms with E-state index in [-0.39, 0.29) is 17.2 Å². The summed E-state index contributed by atoms with van der Waals surface area (Å²) in [7, 11) is 0. The lowest BCUT2D eigenvalue weighted by atomic mass is 10.0. The largest absolute Gasteiger partial charge is 0.367 e. The summed E-state index contributed by atoms with van der Waals surface area (Å²) in [5.41, 5.74) is 11.0. The van der Waals surface area contributed by atoms with Crippen LogP contribution in [0, 0.1) is 0 Å². The molecule has 0 aliphatic carbocycles. The lowest BCUT2D eigenvalue weighted by molar-refractivity contribution is 0.428. The first-order chi connectivity index (χ1) is 12.9. The Morgan fingerprint density at radius 2 is 2.07 bits per heavy atom. The van der Waals surface area contributed by atoms with Crippen LogP contribution in [-0.4, -0.2) is 41.0 Å². The number of alkyl halides is 1. The molecule has 0 amide bonds. The Kier molecular flexibility index (Phi) is 4.26. The van der Waals surface area contributed by atoms with Crippen LogP contribution in [0.1, 0.15) is 19.5 Å². The van der Waals surface area contributed by atoms with Crippen molar-refractivity contribution in [3.63, 3.8) is 0 Å². The zero-order valence-electron chi connectivity index (χ0n) is 15.1. The summed E-state index contributed by atoms with van der Waals surface area (Å²) in [6, 6.07) is 7.80. The van der Waals surface area contributed by atoms with Crippen LogP contribution >= 0.6 is 12.6 Å². The Labute approximate surface area is 160 Å². The van der Waals surface area contributed by atoms with Crippen molar-refractivity contribution in [1.29, 1.82) is 0 Å². The summed E-state index contributed by atoms with van der Waals surface area (Å²) < 4.78 is 15.9. The van der Waals surface area contributed by atoms with Gasteiger partial charge in [0.2, 0.25) is 5.95 Å². The van der Waals surface area contributed by atoms with E-state index in [0.29, 0.717) is 6.42 Å². The molecule has 3 heterocycles. The van der Waals surface area contributed by atoms with E-state index in [0.717, 1.165) is 33.4 Å². The number of aromatic nitrogens is 6. The molecule has 1 aromatic carbocycles. The van der Waals surface area contributed by atoms with E-state index in [1.54, 1.807) is 9.20 Å². The molecule has 2 N–H and O–H groups in total. The van der Waals surface area contributed by atoms with Crippen molar-refractivity contribution < 1.29 is 4.39 Å². The third-order valence-corrected chi connectivity index (χ3v) is 4.48. The van der Waals surface area contributed by atoms with E-state index in [4.69, 9.17) is 5.73 Å². The molecule has 27 heavy (non-hydrogen) atoms. The van der Waals surface area contributed by atoms with Crippen LogP contribution in [0.5, 0.6) is 0 Å². The molecule has 0 saturated heterocycles. The Bertz CT molecular complexity index is 1130. The average Bonchev–Trinajstić information content (AvgIpc) is 3.17. The molecule has 0 aliphatic heterocycles. The van der Waals surface area contributed by atoms with Gasteiger partial charge >= 0.3 is 0 Å². The minimum atomic E-state index is -0.494. The summed E-state index contributed by atoms with van der Waals surface area (Å²) in [6.07, 6.45) is 2.49. The summed E-state index contributed by atoms with van der Waals surface area (Å²) in [6.45, 7) is 3.74. The molecule has 3 aromatic heterocycles. The standard InChI is InChI=1S/C18H20FN7S/c1-18(2,27)10-14-16-12(5-7-26(16)23-17(20)21-14)11-3-4-13-15(9-11)25(8-6-19)24-22-13/h3-5,7,9,27H,6,8,10H2,1-2H3,(H2,20,23). The predicted molar refractivity (Wildman–Crippen MR) is 107 cm³/mol. The number of nitrogens with two attached hydrogens (primary N) is 1. The van der Waals surface area contributed by atoms with Crippen LogP contribution in [0.4, 0.5) is 10.3 Å². The van der Waals surface area contributed by atoms with E-state index in [9.17, 15) is 4.39 Å². The molecule has 4 aromatic rings. The van der Waals surface area contributed by atoms with Gasteiger partial charge in [-0.25, -0.2) is 18.6 Å². The molecule has 0 unspecified atom stereocenters. The lowest BCUT2D eigenvalue weighted by Gasteiger charge is -2.18. The SMILES string of the molecule is CC(C)(S)Cc1nc(N)nn2ccc(-c3ccc4nnn(CCF)c4c3)c12. The van der Waals surface area contributed by atoms with Crippen molar-refractivity contribution >= 4 is 35.1 Å². The van der Waals surface area contributed by atoms with E-state index in [1.807, 2.05) is 44.3 Å². The maximum atomic E-state index is 12.8. The number of nitrogens with zero attached hydrogens (tertiary/aromatic N) is 6. The van der Waals surface area contributed by atoms with Crippen molar-refractivity contribution in [1.82, 2.24) is 29.6 Å². The van der Waals surface area contributed by atoms with Crippen molar-refractivity contribution in [2.75, 3.05) is 12.4 Å². The third kappa shape index (κ3) is 3.34. The highest BCUT2D eigenvalue weighted by atomic mass is 32.1. The highest BCUT2D eigenvalue weighted by Gasteiger charge is 2.20. The van der Waals surface area contributed by atoms with Crippen LogP contribution < -0.4 is 5.73 Å². The topological polar surface area (TPSA) is 86.9 Å². The monoisotopic (exact) mass is 385 g/mol. The number of hydrogen-bond donors (Lipinski definition) is 2. The average molecular weight is 385 g/mol. The Morgan fingerprint density at radius 1 is 1.26 bits per heavy atom. The van der Waals surface area contributed by atoms with Crippen molar-refractivity contribution in [3.8, 4) is 11.1 Å². The number of hydrogen-bond acceptors (Lipinski definition) is 6. The fourth-order valence-electron chi connectivity index (χ4n) is 3.26. The summed E-state index contributed by atoms with van der Waals surface area (Å²) in [5.74, 6) is 0.220. The second-order valence-corrected chi connectivity index (χ2v) is 8.34. The minimum absolute atomic E-state index is 0.176. The van der Waals surface area contributed by atoms with Crippen LogP contribution in [0.15, 0.2) is 30.5 Å². The number of nitrogen functional groups attached to an aromatic ring is 1. The molecule has 0 aliphatic rings. The number of benzene rings is 1. The molecule has 0 saturated carbocycles. The first-order valence-electron chi connectivity index (χ1n) is 8.61. The number of halogens is 1. The normalized spacial score (nSPS) is 12.3. The van der Waals surface area contributed by atoms with Crippen LogP contribution in [0.25, 0.3) is 27.7 Å². The molecular formula is C18H20FN7S. The van der Waals surface area contributed by atoms with Gasteiger partial charge < -0.3 is 5.73 Å². The fraction of sp³-hybridized carbons (Fsp3) is 0.333. The van der Waals surface area contributed by atoms with Gasteiger partial charge in [-0.2, -0.15) is 12.6 Å². The lowest BCUT2D eigenvalue weighted by Crippen LogP contribution is -2.17. The predicted octanol–water partition coefficient (Wildman–Crippen LogP) is 2.94. The highest BCUT2D eigenvalue weighted by molar-refractivity contribution is 7.81. The van der Waals surface area contributed by atoms with E-state index >= 15 is 0 Å². The molecule has 0 fully saturated rings. The number of thiol groups is 1. The van der Waals surface area contributed by atoms with Crippen LogP contribution in [0.3, 0.4) is 0 Å². The maximum absolute atomic E-state index is 12.8. The zero-order valence-corrected chi connectivity index (χ0v) is 16.0. The summed E-state index contributed by atoms with van der Waals surface area (Å²) in [5, 5.41) is 12.4. The number of fused-ring (bicyclic) bond motifs is 2. The Morgan fingerprint density at radius 3 is 2.81 bits per heavy atom. The quantitative estimate of drug-likeness (QED) is 0.516. The van der Waals surface area contributed by atoms with Gasteiger partial charge in [-0.15, -0.1) is 10.2 Å². The Hall–Kier alpha value is -2.68. The second kappa shape index (κ2) is 6.49. The van der Waals surface area contributed by atoms with Gasteiger partial charge in [0, 0.05) is 22.9 Å². The van der Waals surface area contributed by atoms with Crippen LogP contribution in [-0.2, 0) is 13.0 Å². The van der Waals surface area contributed by atoms with Crippen molar-refractivity contribution in [3.05, 3.63) is 36.2 Å². The minimum Gasteiger partial charge on any atom is -0.367 e. The molecule has 7 nitrogen and oxygen atoms in total. The molecule has 9 heteroatoms. The maximum Gasteiger partial charge on any atom is 0.238 e. The molecule has 0 spiro atoms. The molecule has 4 rings (SSSR count). The van der Waals surface area contributed by atoms with E-state index < -0.39 is 6.67 Å². The smallest absolute Gasteiger partial charge is 0.238 e. The van der Waals surface area contributed by atoms with Crippen LogP contribution in [0.2, 0.25) is 0 Å². The van der Waals surface area contributed by atoms with Gasteiger partial charge in [0.05, 0.1) is 23.3 Å². The highest BCUT2D eigenvalue weighted by Crippen LogP contribution is 2.31. The van der Waals surface area contributed by atoms with Gasteiger partial charge in [-0.05, 0) is 23.8 Å². The Balaban J connectivity index is 1.91. The zero-order chi connectivity index (χ0) is 19.2. The molecule has 0 bridgehead atoms. The van der Waals surface area contributed by atoms with Crippen molar-refractivity contribution in [2.45, 2.75) is 31.6 Å². The second-order valence-electron chi connectivity index (χ2n) is 7.13. The van der Waals surface area contributed by atoms with Gasteiger partial charge in [-0.1, -0.05) is 25.1 Å². The van der Waals surface area contributed by atoms with E-state index in [2.05, 4.69) is 33.0 Å². The molecule has 0 radical (unpaired) electrons. The van der Waals surface area contributed by atoms with Gasteiger partial charge in [0.1, 0.15) is 12.2 Å². The number of aryl methyl sites for hydroxylation is 1. The molecule has 0 atom stereocenters. The number of anilines is 1. The third-order valence-electron chi connectivity index (χ3n) is 4.32. The fourth-order valence-corrected chi connectivity index (χ4v) is 3.41. The van der Waals surface area contributed by atoms with Crippen molar-refractivity contribution in [2.24, 2.45) is 0 Å². The van der Waals surface area contributed by atoms with Gasteiger partial charge in [0.15, 0.2) is 0 Å². The van der Waals surface area contributed by atoms with E-state index in [1.165, 1.54) is 0 Å². The molecule has 140 valence electrons. The number of rotatable bonds is 5. The van der Waals surface area contributed by atoms with Gasteiger partial charge in [0.25, 0.3) is 0 Å². The summed E-state index contributed by atoms with van der Waals surface area (Å²) in [4.78, 5) is 4.46. The molecular weight excluding hydrogens is 365 g/mol.